The maximum atomic E-state index is 13.2. The normalized spacial score (nSPS) is 15.1. The van der Waals surface area contributed by atoms with Crippen LogP contribution in [0.15, 0.2) is 47.4 Å². The molecule has 9 nitrogen and oxygen atoms in total. The summed E-state index contributed by atoms with van der Waals surface area (Å²) in [6.45, 7) is 2.28. The quantitative estimate of drug-likeness (QED) is 0.602. The number of hydrogen-bond acceptors (Lipinski definition) is 6. The lowest BCUT2D eigenvalue weighted by molar-refractivity contribution is -0.114. The van der Waals surface area contributed by atoms with Gasteiger partial charge in [0.25, 0.3) is 0 Å². The number of benzene rings is 2. The highest BCUT2D eigenvalue weighted by atomic mass is 32.2. The first-order valence-electron chi connectivity index (χ1n) is 10.5. The van der Waals surface area contributed by atoms with Crippen LogP contribution in [0.2, 0.25) is 0 Å². The van der Waals surface area contributed by atoms with Crippen molar-refractivity contribution in [3.8, 4) is 5.75 Å². The first-order valence-corrected chi connectivity index (χ1v) is 13.8. The zero-order valence-electron chi connectivity index (χ0n) is 18.9. The second-order valence-electron chi connectivity index (χ2n) is 7.98. The number of methoxy groups -OCH3 is 1. The van der Waals surface area contributed by atoms with Gasteiger partial charge < -0.3 is 10.1 Å². The van der Waals surface area contributed by atoms with Crippen LogP contribution in [0.3, 0.4) is 0 Å². The van der Waals surface area contributed by atoms with Gasteiger partial charge in [0, 0.05) is 18.8 Å². The van der Waals surface area contributed by atoms with Gasteiger partial charge in [0.15, 0.2) is 0 Å². The third kappa shape index (κ3) is 6.04. The van der Waals surface area contributed by atoms with E-state index in [2.05, 4.69) is 5.32 Å². The lowest BCUT2D eigenvalue weighted by atomic mass is 10.2. The molecule has 0 aromatic heterocycles. The molecular weight excluding hydrogens is 466 g/mol. The number of nitrogens with zero attached hydrogens (tertiary/aromatic N) is 2. The molecule has 0 radical (unpaired) electrons. The van der Waals surface area contributed by atoms with Gasteiger partial charge in [-0.15, -0.1) is 0 Å². The van der Waals surface area contributed by atoms with E-state index in [1.54, 1.807) is 24.3 Å². The van der Waals surface area contributed by atoms with E-state index in [9.17, 15) is 21.6 Å². The fourth-order valence-corrected chi connectivity index (χ4v) is 6.20. The molecule has 33 heavy (non-hydrogen) atoms. The number of aryl methyl sites for hydroxylation is 1. The largest absolute Gasteiger partial charge is 0.495 e. The standard InChI is InChI=1S/C22H29N3O6S2/c1-17-7-10-19(11-8-17)25(32(3,27)28)16-22(26)23-18-9-12-20(31-2)21(15-18)33(29,30)24-13-5-4-6-14-24/h7-12,15H,4-6,13-14,16H2,1-3H3,(H,23,26). The number of anilines is 2. The van der Waals surface area contributed by atoms with Gasteiger partial charge in [0.05, 0.1) is 19.1 Å². The van der Waals surface area contributed by atoms with E-state index in [1.165, 1.54) is 29.6 Å². The first kappa shape index (κ1) is 25.0. The van der Waals surface area contributed by atoms with Gasteiger partial charge in [0.2, 0.25) is 26.0 Å². The average Bonchev–Trinajstić information content (AvgIpc) is 2.78. The lowest BCUT2D eigenvalue weighted by Crippen LogP contribution is -2.37. The number of carbonyl (C=O) groups excluding carboxylic acids is 1. The molecule has 0 bridgehead atoms. The van der Waals surface area contributed by atoms with E-state index in [4.69, 9.17) is 4.74 Å². The zero-order valence-corrected chi connectivity index (χ0v) is 20.6. The highest BCUT2D eigenvalue weighted by Gasteiger charge is 2.29. The molecule has 1 aliphatic heterocycles. The number of nitrogens with one attached hydrogen (secondary N) is 1. The van der Waals surface area contributed by atoms with E-state index in [0.29, 0.717) is 18.8 Å². The molecule has 11 heteroatoms. The summed E-state index contributed by atoms with van der Waals surface area (Å²) < 4.78 is 58.6. The number of carbonyl (C=O) groups is 1. The Labute approximate surface area is 195 Å². The van der Waals surface area contributed by atoms with Gasteiger partial charge in [-0.3, -0.25) is 9.10 Å². The molecule has 0 unspecified atom stereocenters. The maximum absolute atomic E-state index is 13.2. The van der Waals surface area contributed by atoms with Crippen molar-refractivity contribution in [1.82, 2.24) is 4.31 Å². The highest BCUT2D eigenvalue weighted by molar-refractivity contribution is 7.92. The Morgan fingerprint density at radius 3 is 2.24 bits per heavy atom. The topological polar surface area (TPSA) is 113 Å². The molecule has 3 rings (SSSR count). The first-order chi connectivity index (χ1) is 15.5. The highest BCUT2D eigenvalue weighted by Crippen LogP contribution is 2.31. The van der Waals surface area contributed by atoms with E-state index in [0.717, 1.165) is 35.4 Å². The van der Waals surface area contributed by atoms with Crippen molar-refractivity contribution in [2.75, 3.05) is 42.6 Å². The number of rotatable bonds is 8. The lowest BCUT2D eigenvalue weighted by Gasteiger charge is -2.26. The molecule has 1 aliphatic rings. The van der Waals surface area contributed by atoms with Crippen LogP contribution in [0, 0.1) is 6.92 Å². The molecule has 1 N–H and O–H groups in total. The number of amides is 1. The van der Waals surface area contributed by atoms with Crippen LogP contribution in [0.1, 0.15) is 24.8 Å². The van der Waals surface area contributed by atoms with E-state index >= 15 is 0 Å². The van der Waals surface area contributed by atoms with Crippen molar-refractivity contribution in [3.63, 3.8) is 0 Å². The van der Waals surface area contributed by atoms with Crippen LogP contribution in [-0.2, 0) is 24.8 Å². The molecule has 1 fully saturated rings. The van der Waals surface area contributed by atoms with Crippen LogP contribution in [0.25, 0.3) is 0 Å². The Hall–Kier alpha value is -2.63. The molecule has 2 aromatic rings. The molecule has 0 aliphatic carbocycles. The van der Waals surface area contributed by atoms with Crippen molar-refractivity contribution in [1.29, 1.82) is 0 Å². The van der Waals surface area contributed by atoms with Crippen molar-refractivity contribution < 1.29 is 26.4 Å². The molecule has 0 spiro atoms. The van der Waals surface area contributed by atoms with Gasteiger partial charge in [-0.05, 0) is 50.1 Å². The van der Waals surface area contributed by atoms with Gasteiger partial charge in [-0.1, -0.05) is 24.1 Å². The molecule has 1 heterocycles. The molecule has 0 atom stereocenters. The number of hydrogen-bond donors (Lipinski definition) is 1. The summed E-state index contributed by atoms with van der Waals surface area (Å²) in [6.07, 6.45) is 3.59. The summed E-state index contributed by atoms with van der Waals surface area (Å²) in [4.78, 5) is 12.7. The minimum absolute atomic E-state index is 0.0387. The van der Waals surface area contributed by atoms with Crippen molar-refractivity contribution in [3.05, 3.63) is 48.0 Å². The fourth-order valence-electron chi connectivity index (χ4n) is 3.64. The fraction of sp³-hybridized carbons (Fsp3) is 0.409. The van der Waals surface area contributed by atoms with E-state index in [1.807, 2.05) is 6.92 Å². The van der Waals surface area contributed by atoms with E-state index in [-0.39, 0.29) is 16.3 Å². The molecule has 1 amide bonds. The van der Waals surface area contributed by atoms with Crippen molar-refractivity contribution in [2.45, 2.75) is 31.1 Å². The molecule has 0 saturated carbocycles. The summed E-state index contributed by atoms with van der Waals surface area (Å²) in [5.41, 5.74) is 1.55. The van der Waals surface area contributed by atoms with Crippen LogP contribution in [-0.4, -0.2) is 60.0 Å². The van der Waals surface area contributed by atoms with Gasteiger partial charge in [-0.25, -0.2) is 16.8 Å². The van der Waals surface area contributed by atoms with E-state index < -0.39 is 32.5 Å². The molecule has 180 valence electrons. The third-order valence-corrected chi connectivity index (χ3v) is 8.45. The minimum Gasteiger partial charge on any atom is -0.495 e. The van der Waals surface area contributed by atoms with Crippen molar-refractivity contribution >= 4 is 37.3 Å². The molecule has 2 aromatic carbocycles. The van der Waals surface area contributed by atoms with Crippen LogP contribution < -0.4 is 14.4 Å². The van der Waals surface area contributed by atoms with Gasteiger partial charge >= 0.3 is 0 Å². The number of ether oxygens (including phenoxy) is 1. The summed E-state index contributed by atoms with van der Waals surface area (Å²) in [5, 5.41) is 2.61. The predicted octanol–water partition coefficient (Wildman–Crippen LogP) is 2.58. The summed E-state index contributed by atoms with van der Waals surface area (Å²) in [5.74, 6) is -0.427. The van der Waals surface area contributed by atoms with Gasteiger partial charge in [-0.2, -0.15) is 4.31 Å². The summed E-state index contributed by atoms with van der Waals surface area (Å²) in [6, 6.07) is 11.1. The SMILES string of the molecule is COc1ccc(NC(=O)CN(c2ccc(C)cc2)S(C)(=O)=O)cc1S(=O)(=O)N1CCCCC1. The number of piperidine rings is 1. The third-order valence-electron chi connectivity index (χ3n) is 5.39. The Morgan fingerprint density at radius 2 is 1.67 bits per heavy atom. The maximum Gasteiger partial charge on any atom is 0.246 e. The zero-order chi connectivity index (χ0) is 24.2. The Kier molecular flexibility index (Phi) is 7.65. The Morgan fingerprint density at radius 1 is 1.03 bits per heavy atom. The predicted molar refractivity (Wildman–Crippen MR) is 128 cm³/mol. The summed E-state index contributed by atoms with van der Waals surface area (Å²) in [7, 11) is -6.15. The Balaban J connectivity index is 1.84. The summed E-state index contributed by atoms with van der Waals surface area (Å²) >= 11 is 0. The van der Waals surface area contributed by atoms with Crippen LogP contribution in [0.5, 0.6) is 5.75 Å². The molecule has 1 saturated heterocycles. The second-order valence-corrected chi connectivity index (χ2v) is 11.8. The van der Waals surface area contributed by atoms with Crippen LogP contribution in [0.4, 0.5) is 11.4 Å². The van der Waals surface area contributed by atoms with Crippen molar-refractivity contribution in [2.24, 2.45) is 0 Å². The minimum atomic E-state index is -3.81. The molecular formula is C22H29N3O6S2. The van der Waals surface area contributed by atoms with Gasteiger partial charge in [0.1, 0.15) is 17.2 Å². The smallest absolute Gasteiger partial charge is 0.246 e. The van der Waals surface area contributed by atoms with Crippen LogP contribution >= 0.6 is 0 Å². The average molecular weight is 496 g/mol. The Bertz CT molecular complexity index is 1210. The monoisotopic (exact) mass is 495 g/mol. The number of sulfonamides is 2. The second kappa shape index (κ2) is 10.1.